The van der Waals surface area contributed by atoms with Crippen molar-refractivity contribution in [1.82, 2.24) is 24.5 Å². The molecule has 4 N–H and O–H groups in total. The van der Waals surface area contributed by atoms with Crippen LogP contribution in [-0.4, -0.2) is 63.0 Å². The predicted molar refractivity (Wildman–Crippen MR) is 144 cm³/mol. The third-order valence-electron chi connectivity index (χ3n) is 6.84. The van der Waals surface area contributed by atoms with Crippen LogP contribution < -0.4 is 21.1 Å². The molecule has 1 fully saturated rings. The lowest BCUT2D eigenvalue weighted by atomic mass is 9.90. The highest BCUT2D eigenvalue weighted by Gasteiger charge is 2.33. The minimum Gasteiger partial charge on any atom is -0.494 e. The Balaban J connectivity index is 1.54. The average Bonchev–Trinajstić information content (AvgIpc) is 3.31. The van der Waals surface area contributed by atoms with Gasteiger partial charge in [0.2, 0.25) is 0 Å². The Morgan fingerprint density at radius 3 is 2.76 bits per heavy atom. The van der Waals surface area contributed by atoms with Crippen LogP contribution in [0.5, 0.6) is 5.75 Å². The van der Waals surface area contributed by atoms with Crippen molar-refractivity contribution >= 4 is 22.7 Å². The lowest BCUT2D eigenvalue weighted by molar-refractivity contribution is 0.0354. The Morgan fingerprint density at radius 1 is 1.16 bits per heavy atom. The maximum absolute atomic E-state index is 14.5. The fourth-order valence-electron chi connectivity index (χ4n) is 4.90. The molecular weight excluding hydrogens is 487 g/mol. The number of nitrogen functional groups attached to an aromatic ring is 1. The van der Waals surface area contributed by atoms with Crippen molar-refractivity contribution in [2.45, 2.75) is 44.9 Å². The molecular formula is C27H33FN8O2. The molecule has 0 amide bonds. The number of benzene rings is 1. The summed E-state index contributed by atoms with van der Waals surface area (Å²) in [5.41, 5.74) is 16.7. The molecule has 0 saturated carbocycles. The Hall–Kier alpha value is -3.83. The molecule has 10 nitrogen and oxygen atoms in total. The maximum atomic E-state index is 14.5. The van der Waals surface area contributed by atoms with Crippen molar-refractivity contribution in [3.05, 3.63) is 54.5 Å². The third kappa shape index (κ3) is 5.25. The summed E-state index contributed by atoms with van der Waals surface area (Å²) in [6.45, 7) is 6.43. The van der Waals surface area contributed by atoms with Crippen LogP contribution >= 0.6 is 0 Å². The fourth-order valence-corrected chi connectivity index (χ4v) is 4.90. The number of pyridine rings is 1. The highest BCUT2D eigenvalue weighted by Crippen LogP contribution is 2.32. The Labute approximate surface area is 220 Å². The summed E-state index contributed by atoms with van der Waals surface area (Å²) in [7, 11) is 1.44. The van der Waals surface area contributed by atoms with E-state index < -0.39 is 11.4 Å². The van der Waals surface area contributed by atoms with Crippen molar-refractivity contribution in [2.24, 2.45) is 5.73 Å². The summed E-state index contributed by atoms with van der Waals surface area (Å²) in [6.07, 6.45) is 6.88. The normalized spacial score (nSPS) is 17.9. The number of fused-ring (bicyclic) bond motifs is 1. The Bertz CT molecular complexity index is 1440. The van der Waals surface area contributed by atoms with E-state index in [1.54, 1.807) is 18.5 Å². The van der Waals surface area contributed by atoms with Crippen LogP contribution in [0.4, 0.5) is 15.9 Å². The van der Waals surface area contributed by atoms with Gasteiger partial charge in [-0.2, -0.15) is 0 Å². The number of hydrogen-bond acceptors (Lipinski definition) is 9. The largest absolute Gasteiger partial charge is 0.494 e. The van der Waals surface area contributed by atoms with Crippen LogP contribution in [0.25, 0.3) is 22.4 Å². The fraction of sp³-hybridized carbons (Fsp3) is 0.407. The summed E-state index contributed by atoms with van der Waals surface area (Å²) in [5.74, 6) is 0.0653. The predicted octanol–water partition coefficient (Wildman–Crippen LogP) is 3.39. The van der Waals surface area contributed by atoms with Gasteiger partial charge in [0.15, 0.2) is 23.0 Å². The van der Waals surface area contributed by atoms with Crippen molar-refractivity contribution < 1.29 is 13.9 Å². The zero-order chi connectivity index (χ0) is 26.9. The topological polar surface area (TPSA) is 130 Å². The summed E-state index contributed by atoms with van der Waals surface area (Å²) >= 11 is 0. The summed E-state index contributed by atoms with van der Waals surface area (Å²) < 4.78 is 27.4. The van der Waals surface area contributed by atoms with Gasteiger partial charge in [-0.05, 0) is 56.5 Å². The number of piperidine rings is 1. The van der Waals surface area contributed by atoms with Gasteiger partial charge in [0.25, 0.3) is 0 Å². The van der Waals surface area contributed by atoms with E-state index in [0.717, 1.165) is 30.6 Å². The van der Waals surface area contributed by atoms with Crippen LogP contribution in [0.2, 0.25) is 0 Å². The zero-order valence-corrected chi connectivity index (χ0v) is 21.9. The number of nitrogens with two attached hydrogens (primary N) is 2. The first-order valence-electron chi connectivity index (χ1n) is 12.7. The van der Waals surface area contributed by atoms with E-state index in [4.69, 9.17) is 25.9 Å². The number of halogens is 1. The number of methoxy groups -OCH3 is 1. The molecule has 0 spiro atoms. The number of ether oxygens (including phenoxy) is 2. The Kier molecular flexibility index (Phi) is 7.13. The van der Waals surface area contributed by atoms with E-state index in [0.29, 0.717) is 47.9 Å². The van der Waals surface area contributed by atoms with Gasteiger partial charge in [-0.1, -0.05) is 0 Å². The number of hydrogen-bond donors (Lipinski definition) is 2. The first-order valence-corrected chi connectivity index (χ1v) is 12.7. The van der Waals surface area contributed by atoms with Crippen molar-refractivity contribution in [3.8, 4) is 17.0 Å². The minimum atomic E-state index is -0.471. The van der Waals surface area contributed by atoms with Gasteiger partial charge in [-0.3, -0.25) is 4.98 Å². The summed E-state index contributed by atoms with van der Waals surface area (Å²) in [6, 6.07) is 6.80. The number of anilines is 2. The van der Waals surface area contributed by atoms with Crippen molar-refractivity contribution in [1.29, 1.82) is 0 Å². The highest BCUT2D eigenvalue weighted by molar-refractivity contribution is 5.81. The molecule has 0 radical (unpaired) electrons. The van der Waals surface area contributed by atoms with Gasteiger partial charge in [-0.15, -0.1) is 0 Å². The lowest BCUT2D eigenvalue weighted by Crippen LogP contribution is -2.57. The molecule has 11 heteroatoms. The average molecular weight is 521 g/mol. The van der Waals surface area contributed by atoms with E-state index >= 15 is 0 Å². The molecule has 38 heavy (non-hydrogen) atoms. The smallest absolute Gasteiger partial charge is 0.165 e. The minimum absolute atomic E-state index is 0.108. The molecule has 0 aliphatic carbocycles. The molecule has 200 valence electrons. The van der Waals surface area contributed by atoms with Crippen LogP contribution in [0.1, 0.15) is 32.3 Å². The molecule has 1 atom stereocenters. The first kappa shape index (κ1) is 25.8. The lowest BCUT2D eigenvalue weighted by Gasteiger charge is -2.42. The zero-order valence-electron chi connectivity index (χ0n) is 21.9. The standard InChI is InChI=1S/C27H33FN8O2/c1-17(2)38-14-27(30)7-4-8-35(13-27)22-11-31-21(18-5-6-23(37-3)20(28)9-18)10-19(22)12-36-16-34-24-25(29)32-15-33-26(24)36/h5-6,9-11,15-17H,4,7-8,12-14,30H2,1-3H3,(H2,29,32,33)/t27-/m1/s1. The second kappa shape index (κ2) is 10.5. The van der Waals surface area contributed by atoms with Crippen LogP contribution in [0.15, 0.2) is 43.1 Å². The summed E-state index contributed by atoms with van der Waals surface area (Å²) in [5, 5.41) is 0. The number of imidazole rings is 1. The molecule has 4 heterocycles. The molecule has 0 unspecified atom stereocenters. The maximum Gasteiger partial charge on any atom is 0.165 e. The molecule has 1 saturated heterocycles. The quantitative estimate of drug-likeness (QED) is 0.359. The molecule has 4 aromatic rings. The monoisotopic (exact) mass is 520 g/mol. The second-order valence-electron chi connectivity index (χ2n) is 10.1. The second-order valence-corrected chi connectivity index (χ2v) is 10.1. The van der Waals surface area contributed by atoms with Gasteiger partial charge < -0.3 is 30.4 Å². The number of nitrogens with zero attached hydrogens (tertiary/aromatic N) is 6. The third-order valence-corrected chi connectivity index (χ3v) is 6.84. The summed E-state index contributed by atoms with van der Waals surface area (Å²) in [4.78, 5) is 19.8. The molecule has 1 aromatic carbocycles. The van der Waals surface area contributed by atoms with Gasteiger partial charge in [0, 0.05) is 18.7 Å². The molecule has 1 aliphatic heterocycles. The molecule has 5 rings (SSSR count). The Morgan fingerprint density at radius 2 is 2.00 bits per heavy atom. The van der Waals surface area contributed by atoms with Crippen LogP contribution in [0, 0.1) is 5.82 Å². The van der Waals surface area contributed by atoms with Gasteiger partial charge in [-0.25, -0.2) is 19.3 Å². The van der Waals surface area contributed by atoms with E-state index in [-0.39, 0.29) is 11.9 Å². The van der Waals surface area contributed by atoms with Gasteiger partial charge >= 0.3 is 0 Å². The van der Waals surface area contributed by atoms with Crippen molar-refractivity contribution in [2.75, 3.05) is 37.4 Å². The van der Waals surface area contributed by atoms with E-state index in [1.165, 1.54) is 19.5 Å². The SMILES string of the molecule is COc1ccc(-c2cc(Cn3cnc4c(N)ncnc43)c(N3CCC[C@](N)(COC(C)C)C3)cn2)cc1F. The van der Waals surface area contributed by atoms with Gasteiger partial charge in [0.1, 0.15) is 11.8 Å². The molecule has 3 aromatic heterocycles. The molecule has 0 bridgehead atoms. The first-order chi connectivity index (χ1) is 18.3. The van der Waals surface area contributed by atoms with E-state index in [2.05, 4.69) is 19.9 Å². The van der Waals surface area contributed by atoms with Crippen LogP contribution in [0.3, 0.4) is 0 Å². The van der Waals surface area contributed by atoms with Gasteiger partial charge in [0.05, 0.1) is 55.8 Å². The molecule has 1 aliphatic rings. The highest BCUT2D eigenvalue weighted by atomic mass is 19.1. The number of aromatic nitrogens is 5. The number of rotatable bonds is 8. The van der Waals surface area contributed by atoms with Crippen LogP contribution in [-0.2, 0) is 11.3 Å². The van der Waals surface area contributed by atoms with Crippen molar-refractivity contribution in [3.63, 3.8) is 0 Å². The van der Waals surface area contributed by atoms with E-state index in [1.807, 2.05) is 30.7 Å². The van der Waals surface area contributed by atoms with E-state index in [9.17, 15) is 4.39 Å².